The predicted octanol–water partition coefficient (Wildman–Crippen LogP) is 2.22. The van der Waals surface area contributed by atoms with Crippen LogP contribution < -0.4 is 4.74 Å². The number of esters is 1. The number of aliphatic hydroxyl groups excluding tert-OH is 1. The standard InChI is InChI=1S/C22H26N2O4/c1-4-13-11-24-8-7-21-16-9-14(27-2)5-6-17(16)23-19(21)18(24)10-15(13)22(21,12-25)20(26)28-3/h4-6,9,15,18,25H,7-8,10-12H2,1-3H3/b13-4-/t15-,18+,21+,22+/m0/s1. The van der Waals surface area contributed by atoms with Crippen LogP contribution in [0.4, 0.5) is 5.69 Å². The molecule has 2 saturated heterocycles. The van der Waals surface area contributed by atoms with Gasteiger partial charge >= 0.3 is 5.97 Å². The molecular weight excluding hydrogens is 356 g/mol. The van der Waals surface area contributed by atoms with Gasteiger partial charge in [-0.25, -0.2) is 0 Å². The van der Waals surface area contributed by atoms with E-state index in [0.29, 0.717) is 0 Å². The quantitative estimate of drug-likeness (QED) is 0.641. The van der Waals surface area contributed by atoms with Crippen LogP contribution in [-0.4, -0.2) is 61.6 Å². The highest BCUT2D eigenvalue weighted by atomic mass is 16.5. The van der Waals surface area contributed by atoms with Crippen molar-refractivity contribution in [3.63, 3.8) is 0 Å². The lowest BCUT2D eigenvalue weighted by atomic mass is 9.43. The molecule has 6 nitrogen and oxygen atoms in total. The zero-order valence-electron chi connectivity index (χ0n) is 16.6. The van der Waals surface area contributed by atoms with E-state index in [4.69, 9.17) is 14.5 Å². The summed E-state index contributed by atoms with van der Waals surface area (Å²) in [7, 11) is 3.07. The van der Waals surface area contributed by atoms with Gasteiger partial charge < -0.3 is 14.6 Å². The van der Waals surface area contributed by atoms with E-state index in [0.717, 1.165) is 48.6 Å². The number of hydrogen-bond acceptors (Lipinski definition) is 6. The molecule has 1 aliphatic carbocycles. The van der Waals surface area contributed by atoms with Crippen molar-refractivity contribution in [3.05, 3.63) is 35.4 Å². The zero-order valence-corrected chi connectivity index (χ0v) is 16.6. The first kappa shape index (κ1) is 17.9. The number of aliphatic hydroxyl groups is 1. The van der Waals surface area contributed by atoms with Crippen molar-refractivity contribution in [2.45, 2.75) is 31.2 Å². The van der Waals surface area contributed by atoms with E-state index in [2.05, 4.69) is 11.0 Å². The van der Waals surface area contributed by atoms with Crippen LogP contribution in [0.2, 0.25) is 0 Å². The molecule has 0 spiro atoms. The molecule has 4 atom stereocenters. The van der Waals surface area contributed by atoms with Crippen molar-refractivity contribution < 1.29 is 19.4 Å². The normalized spacial score (nSPS) is 36.7. The van der Waals surface area contributed by atoms with Crippen molar-refractivity contribution in [3.8, 4) is 5.75 Å². The van der Waals surface area contributed by atoms with Gasteiger partial charge in [-0.1, -0.05) is 11.6 Å². The lowest BCUT2D eigenvalue weighted by Gasteiger charge is -2.64. The maximum Gasteiger partial charge on any atom is 0.316 e. The highest BCUT2D eigenvalue weighted by Crippen LogP contribution is 2.66. The highest BCUT2D eigenvalue weighted by Gasteiger charge is 2.73. The Kier molecular flexibility index (Phi) is 3.77. The molecule has 0 amide bonds. The molecular formula is C22H26N2O4. The predicted molar refractivity (Wildman–Crippen MR) is 105 cm³/mol. The van der Waals surface area contributed by atoms with Crippen LogP contribution in [0.3, 0.4) is 0 Å². The molecule has 1 N–H and O–H groups in total. The minimum atomic E-state index is -1.07. The summed E-state index contributed by atoms with van der Waals surface area (Å²) in [5, 5.41) is 10.9. The number of hydrogen-bond donors (Lipinski definition) is 1. The van der Waals surface area contributed by atoms with Crippen LogP contribution in [0.25, 0.3) is 0 Å². The van der Waals surface area contributed by atoms with Gasteiger partial charge in [0.05, 0.1) is 38.0 Å². The van der Waals surface area contributed by atoms with Gasteiger partial charge in [0.15, 0.2) is 0 Å². The minimum absolute atomic E-state index is 0.0624. The number of piperidine rings is 2. The fourth-order valence-corrected chi connectivity index (χ4v) is 6.48. The number of ether oxygens (including phenoxy) is 2. The van der Waals surface area contributed by atoms with Crippen LogP contribution in [0.5, 0.6) is 5.75 Å². The SMILES string of the molecule is C/C=C1/CN2CC[C@]34C(=Nc5ccc(OC)cc53)[C@H]2C[C@@H]1[C@]4(CO)C(=O)OC. The largest absolute Gasteiger partial charge is 0.497 e. The lowest BCUT2D eigenvalue weighted by molar-refractivity contribution is -0.170. The number of carbonyl (C=O) groups is 1. The summed E-state index contributed by atoms with van der Waals surface area (Å²) in [4.78, 5) is 21.0. The third-order valence-electron chi connectivity index (χ3n) is 7.69. The number of nitrogens with zero attached hydrogens (tertiary/aromatic N) is 2. The summed E-state index contributed by atoms with van der Waals surface area (Å²) < 4.78 is 10.9. The summed E-state index contributed by atoms with van der Waals surface area (Å²) in [5.41, 5.74) is 2.39. The third-order valence-corrected chi connectivity index (χ3v) is 7.69. The van der Waals surface area contributed by atoms with Crippen molar-refractivity contribution in [1.29, 1.82) is 0 Å². The highest BCUT2D eigenvalue weighted by molar-refractivity contribution is 6.11. The van der Waals surface area contributed by atoms with Crippen molar-refractivity contribution in [1.82, 2.24) is 4.90 Å². The average Bonchev–Trinajstić information content (AvgIpc) is 3.08. The van der Waals surface area contributed by atoms with Gasteiger partial charge in [-0.05, 0) is 43.5 Å². The fourth-order valence-electron chi connectivity index (χ4n) is 6.48. The molecule has 5 rings (SSSR count). The van der Waals surface area contributed by atoms with Gasteiger partial charge in [0, 0.05) is 24.7 Å². The van der Waals surface area contributed by atoms with Crippen LogP contribution in [0.1, 0.15) is 25.3 Å². The van der Waals surface area contributed by atoms with Crippen LogP contribution in [-0.2, 0) is 14.9 Å². The number of allylic oxidation sites excluding steroid dienone is 1. The Morgan fingerprint density at radius 1 is 1.43 bits per heavy atom. The second-order valence-corrected chi connectivity index (χ2v) is 8.29. The van der Waals surface area contributed by atoms with E-state index in [-0.39, 0.29) is 24.5 Å². The maximum absolute atomic E-state index is 13.5. The lowest BCUT2D eigenvalue weighted by Crippen LogP contribution is -2.74. The molecule has 3 heterocycles. The first-order chi connectivity index (χ1) is 13.6. The Morgan fingerprint density at radius 2 is 2.25 bits per heavy atom. The van der Waals surface area contributed by atoms with E-state index >= 15 is 0 Å². The molecule has 6 heteroatoms. The van der Waals surface area contributed by atoms with Gasteiger partial charge in [-0.3, -0.25) is 14.7 Å². The van der Waals surface area contributed by atoms with Gasteiger partial charge in [-0.15, -0.1) is 0 Å². The summed E-state index contributed by atoms with van der Waals surface area (Å²) in [6.07, 6.45) is 3.65. The topological polar surface area (TPSA) is 71.4 Å². The van der Waals surface area contributed by atoms with Gasteiger partial charge in [0.2, 0.25) is 0 Å². The number of rotatable bonds is 3. The third kappa shape index (κ3) is 1.81. The smallest absolute Gasteiger partial charge is 0.316 e. The summed E-state index contributed by atoms with van der Waals surface area (Å²) >= 11 is 0. The Morgan fingerprint density at radius 3 is 2.93 bits per heavy atom. The number of methoxy groups -OCH3 is 2. The van der Waals surface area contributed by atoms with Crippen LogP contribution in [0.15, 0.2) is 34.8 Å². The molecule has 1 aromatic rings. The fraction of sp³-hybridized carbons (Fsp3) is 0.545. The maximum atomic E-state index is 13.5. The van der Waals surface area contributed by atoms with E-state index in [1.807, 2.05) is 25.1 Å². The number of carbonyl (C=O) groups excluding carboxylic acids is 1. The van der Waals surface area contributed by atoms with Gasteiger partial charge in [-0.2, -0.15) is 0 Å². The van der Waals surface area contributed by atoms with E-state index < -0.39 is 10.8 Å². The molecule has 0 aromatic heterocycles. The molecule has 0 radical (unpaired) electrons. The van der Waals surface area contributed by atoms with E-state index in [1.165, 1.54) is 12.7 Å². The van der Waals surface area contributed by atoms with E-state index in [9.17, 15) is 9.90 Å². The molecule has 1 aromatic carbocycles. The second kappa shape index (κ2) is 5.91. The van der Waals surface area contributed by atoms with Crippen molar-refractivity contribution in [2.75, 3.05) is 33.9 Å². The molecule has 28 heavy (non-hydrogen) atoms. The number of fused-ring (bicyclic) bond motifs is 2. The molecule has 1 saturated carbocycles. The van der Waals surface area contributed by atoms with Gasteiger partial charge in [0.1, 0.15) is 11.2 Å². The molecule has 4 aliphatic rings. The Labute approximate surface area is 164 Å². The molecule has 0 unspecified atom stereocenters. The Hall–Kier alpha value is -2.18. The monoisotopic (exact) mass is 382 g/mol. The molecule has 3 fully saturated rings. The zero-order chi connectivity index (χ0) is 19.7. The van der Waals surface area contributed by atoms with Gasteiger partial charge in [0.25, 0.3) is 0 Å². The van der Waals surface area contributed by atoms with Crippen molar-refractivity contribution in [2.24, 2.45) is 16.3 Å². The summed E-state index contributed by atoms with van der Waals surface area (Å²) in [6.45, 7) is 3.45. The Balaban J connectivity index is 1.85. The molecule has 148 valence electrons. The minimum Gasteiger partial charge on any atom is -0.497 e. The average molecular weight is 382 g/mol. The summed E-state index contributed by atoms with van der Waals surface area (Å²) in [5.74, 6) is 0.342. The molecule has 3 bridgehead atoms. The summed E-state index contributed by atoms with van der Waals surface area (Å²) in [6, 6.07) is 6.08. The Bertz CT molecular complexity index is 923. The van der Waals surface area contributed by atoms with Crippen LogP contribution in [0, 0.1) is 11.3 Å². The molecule has 3 aliphatic heterocycles. The number of aliphatic imine (C=N–C) groups is 1. The van der Waals surface area contributed by atoms with Crippen LogP contribution >= 0.6 is 0 Å². The first-order valence-corrected chi connectivity index (χ1v) is 9.93. The van der Waals surface area contributed by atoms with Crippen molar-refractivity contribution >= 4 is 17.4 Å². The first-order valence-electron chi connectivity index (χ1n) is 9.93. The number of benzene rings is 1. The van der Waals surface area contributed by atoms with E-state index in [1.54, 1.807) is 7.11 Å². The second-order valence-electron chi connectivity index (χ2n) is 8.29.